The molecule has 0 aliphatic carbocycles. The van der Waals surface area contributed by atoms with E-state index in [9.17, 15) is 19.5 Å². The summed E-state index contributed by atoms with van der Waals surface area (Å²) in [5.74, 6) is -1.50. The van der Waals surface area contributed by atoms with Crippen molar-refractivity contribution in [1.29, 1.82) is 0 Å². The van der Waals surface area contributed by atoms with Crippen LogP contribution in [0.1, 0.15) is 37.3 Å². The lowest BCUT2D eigenvalue weighted by Crippen LogP contribution is -2.56. The van der Waals surface area contributed by atoms with Gasteiger partial charge in [0, 0.05) is 18.3 Å². The van der Waals surface area contributed by atoms with Gasteiger partial charge in [-0.1, -0.05) is 67.6 Å². The summed E-state index contributed by atoms with van der Waals surface area (Å²) in [7, 11) is 0. The highest BCUT2D eigenvalue weighted by molar-refractivity contribution is 8.02. The molecule has 2 aromatic carbocycles. The number of benzene rings is 2. The third-order valence-electron chi connectivity index (χ3n) is 8.07. The van der Waals surface area contributed by atoms with Gasteiger partial charge >= 0.3 is 0 Å². The predicted octanol–water partition coefficient (Wildman–Crippen LogP) is 2.52. The van der Waals surface area contributed by atoms with Crippen LogP contribution in [-0.4, -0.2) is 63.0 Å². The van der Waals surface area contributed by atoms with Gasteiger partial charge in [0.2, 0.25) is 17.7 Å². The van der Waals surface area contributed by atoms with Crippen molar-refractivity contribution in [2.75, 3.05) is 13.2 Å². The smallest absolute Gasteiger partial charge is 0.244 e. The fourth-order valence-electron chi connectivity index (χ4n) is 6.47. The first-order valence-electron chi connectivity index (χ1n) is 13.2. The lowest BCUT2D eigenvalue weighted by molar-refractivity contribution is -0.142. The Morgan fingerprint density at radius 1 is 1.05 bits per heavy atom. The van der Waals surface area contributed by atoms with Gasteiger partial charge in [-0.15, -0.1) is 11.8 Å². The van der Waals surface area contributed by atoms with Gasteiger partial charge in [0.05, 0.1) is 29.2 Å². The van der Waals surface area contributed by atoms with Crippen LogP contribution in [0.5, 0.6) is 0 Å². The molecule has 37 heavy (non-hydrogen) atoms. The number of hydrogen-bond acceptors (Lipinski definition) is 5. The normalized spacial score (nSPS) is 28.7. The SMILES string of the molecule is CCCNC(=O)[C@@H]1[C@@H]2CCC3(S2)C(C(=O)NCc2ccccc2)N([C@@H](CO)Cc2ccccc2)C(=O)[C@H]13. The van der Waals surface area contributed by atoms with Crippen LogP contribution in [-0.2, 0) is 27.3 Å². The summed E-state index contributed by atoms with van der Waals surface area (Å²) in [5, 5.41) is 16.6. The molecule has 0 saturated carbocycles. The van der Waals surface area contributed by atoms with Crippen molar-refractivity contribution in [3.8, 4) is 0 Å². The molecule has 3 fully saturated rings. The third-order valence-corrected chi connectivity index (χ3v) is 10.0. The molecule has 7 nitrogen and oxygen atoms in total. The number of carbonyl (C=O) groups excluding carboxylic acids is 3. The zero-order chi connectivity index (χ0) is 26.0. The molecule has 0 aromatic heterocycles. The summed E-state index contributed by atoms with van der Waals surface area (Å²) in [5.41, 5.74) is 1.96. The Balaban J connectivity index is 1.48. The predicted molar refractivity (Wildman–Crippen MR) is 144 cm³/mol. The van der Waals surface area contributed by atoms with E-state index in [-0.39, 0.29) is 29.6 Å². The quantitative estimate of drug-likeness (QED) is 0.446. The van der Waals surface area contributed by atoms with Crippen LogP contribution in [0.25, 0.3) is 0 Å². The van der Waals surface area contributed by atoms with E-state index >= 15 is 0 Å². The first kappa shape index (κ1) is 25.8. The zero-order valence-corrected chi connectivity index (χ0v) is 22.0. The molecule has 2 unspecified atom stereocenters. The van der Waals surface area contributed by atoms with E-state index in [1.807, 2.05) is 67.6 Å². The number of hydrogen-bond donors (Lipinski definition) is 3. The minimum absolute atomic E-state index is 0.0269. The minimum Gasteiger partial charge on any atom is -0.394 e. The number of thioether (sulfide) groups is 1. The van der Waals surface area contributed by atoms with Crippen molar-refractivity contribution in [2.24, 2.45) is 11.8 Å². The molecule has 2 bridgehead atoms. The average molecular weight is 522 g/mol. The largest absolute Gasteiger partial charge is 0.394 e. The molecule has 196 valence electrons. The molecule has 2 aromatic rings. The molecule has 5 rings (SSSR count). The van der Waals surface area contributed by atoms with Crippen molar-refractivity contribution in [2.45, 2.75) is 61.2 Å². The van der Waals surface area contributed by atoms with Crippen molar-refractivity contribution in [3.63, 3.8) is 0 Å². The Labute approximate surface area is 222 Å². The molecule has 3 aliphatic heterocycles. The second-order valence-corrected chi connectivity index (χ2v) is 11.9. The van der Waals surface area contributed by atoms with Crippen LogP contribution in [0, 0.1) is 11.8 Å². The van der Waals surface area contributed by atoms with Gasteiger partial charge in [0.1, 0.15) is 6.04 Å². The van der Waals surface area contributed by atoms with Crippen LogP contribution in [0.15, 0.2) is 60.7 Å². The fourth-order valence-corrected chi connectivity index (χ4v) is 8.67. The Morgan fingerprint density at radius 3 is 2.38 bits per heavy atom. The maximum atomic E-state index is 14.2. The molecule has 3 heterocycles. The fraction of sp³-hybridized carbons (Fsp3) is 0.483. The van der Waals surface area contributed by atoms with Crippen LogP contribution >= 0.6 is 11.8 Å². The van der Waals surface area contributed by atoms with E-state index in [2.05, 4.69) is 10.6 Å². The van der Waals surface area contributed by atoms with Crippen molar-refractivity contribution >= 4 is 29.5 Å². The Kier molecular flexibility index (Phi) is 7.58. The summed E-state index contributed by atoms with van der Waals surface area (Å²) in [6.07, 6.45) is 2.77. The number of nitrogens with zero attached hydrogens (tertiary/aromatic N) is 1. The van der Waals surface area contributed by atoms with Crippen LogP contribution in [0.3, 0.4) is 0 Å². The molecule has 3 N–H and O–H groups in total. The summed E-state index contributed by atoms with van der Waals surface area (Å²) in [6, 6.07) is 18.1. The Bertz CT molecular complexity index is 1130. The van der Waals surface area contributed by atoms with Crippen molar-refractivity contribution in [3.05, 3.63) is 71.8 Å². The van der Waals surface area contributed by atoms with Gasteiger partial charge in [0.15, 0.2) is 0 Å². The van der Waals surface area contributed by atoms with E-state index in [0.29, 0.717) is 25.9 Å². The van der Waals surface area contributed by atoms with Gasteiger partial charge in [-0.3, -0.25) is 14.4 Å². The zero-order valence-electron chi connectivity index (χ0n) is 21.1. The Hall–Kier alpha value is -2.84. The van der Waals surface area contributed by atoms with E-state index in [1.165, 1.54) is 0 Å². The lowest BCUT2D eigenvalue weighted by atomic mass is 9.70. The molecule has 3 aliphatic rings. The maximum Gasteiger partial charge on any atom is 0.244 e. The van der Waals surface area contributed by atoms with Crippen LogP contribution in [0.2, 0.25) is 0 Å². The van der Waals surface area contributed by atoms with E-state index in [0.717, 1.165) is 24.0 Å². The number of rotatable bonds is 10. The molecular weight excluding hydrogens is 486 g/mol. The monoisotopic (exact) mass is 521 g/mol. The number of amides is 3. The van der Waals surface area contributed by atoms with Gasteiger partial charge in [0.25, 0.3) is 0 Å². The number of carbonyl (C=O) groups is 3. The average Bonchev–Trinajstić information content (AvgIpc) is 3.57. The Morgan fingerprint density at radius 2 is 1.73 bits per heavy atom. The molecule has 6 atom stereocenters. The van der Waals surface area contributed by atoms with E-state index in [4.69, 9.17) is 0 Å². The second-order valence-electron chi connectivity index (χ2n) is 10.3. The molecular formula is C29H35N3O4S. The van der Waals surface area contributed by atoms with Crippen LogP contribution in [0.4, 0.5) is 0 Å². The van der Waals surface area contributed by atoms with Gasteiger partial charge in [-0.05, 0) is 36.8 Å². The van der Waals surface area contributed by atoms with E-state index < -0.39 is 28.7 Å². The number of likely N-dealkylation sites (tertiary alicyclic amines) is 1. The third kappa shape index (κ3) is 4.66. The number of fused-ring (bicyclic) bond motifs is 1. The minimum atomic E-state index is -0.742. The molecule has 3 saturated heterocycles. The summed E-state index contributed by atoms with van der Waals surface area (Å²) in [4.78, 5) is 43.0. The maximum absolute atomic E-state index is 14.2. The van der Waals surface area contributed by atoms with Gasteiger partial charge < -0.3 is 20.6 Å². The number of nitrogens with one attached hydrogen (secondary N) is 2. The first-order valence-corrected chi connectivity index (χ1v) is 14.1. The standard InChI is InChI=1S/C29H35N3O4S/c1-2-15-30-26(34)23-22-13-14-29(37-22)24(23)28(36)32(21(18-33)16-19-9-5-3-6-10-19)25(29)27(35)31-17-20-11-7-4-8-12-20/h3-12,21-25,33H,2,13-18H2,1H3,(H,30,34)(H,31,35)/t21-,22+,23-,24+,25?,29?/m1/s1. The molecule has 3 amide bonds. The highest BCUT2D eigenvalue weighted by Crippen LogP contribution is 2.66. The van der Waals surface area contributed by atoms with Gasteiger partial charge in [-0.25, -0.2) is 0 Å². The molecule has 8 heteroatoms. The van der Waals surface area contributed by atoms with Crippen molar-refractivity contribution in [1.82, 2.24) is 15.5 Å². The van der Waals surface area contributed by atoms with Gasteiger partial charge in [-0.2, -0.15) is 0 Å². The second kappa shape index (κ2) is 10.9. The lowest BCUT2D eigenvalue weighted by Gasteiger charge is -2.37. The summed E-state index contributed by atoms with van der Waals surface area (Å²) < 4.78 is -0.666. The summed E-state index contributed by atoms with van der Waals surface area (Å²) >= 11 is 1.65. The number of aliphatic hydroxyl groups is 1. The molecule has 0 radical (unpaired) electrons. The topological polar surface area (TPSA) is 98.7 Å². The van der Waals surface area contributed by atoms with Crippen molar-refractivity contribution < 1.29 is 19.5 Å². The summed E-state index contributed by atoms with van der Waals surface area (Å²) in [6.45, 7) is 2.67. The highest BCUT2D eigenvalue weighted by atomic mass is 32.2. The first-order chi connectivity index (χ1) is 18.0. The molecule has 1 spiro atoms. The number of aliphatic hydroxyl groups excluding tert-OH is 1. The van der Waals surface area contributed by atoms with E-state index in [1.54, 1.807) is 16.7 Å². The van der Waals surface area contributed by atoms with Crippen LogP contribution < -0.4 is 10.6 Å². The highest BCUT2D eigenvalue weighted by Gasteiger charge is 2.74.